The molecule has 0 saturated carbocycles. The second kappa shape index (κ2) is 5.29. The Kier molecular flexibility index (Phi) is 3.93. The minimum atomic E-state index is 0.0841. The number of rotatable bonds is 3. The molecule has 3 heteroatoms. The highest BCUT2D eigenvalue weighted by molar-refractivity contribution is 5.50. The highest BCUT2D eigenvalue weighted by Gasteiger charge is 2.37. The van der Waals surface area contributed by atoms with E-state index in [9.17, 15) is 0 Å². The van der Waals surface area contributed by atoms with Crippen LogP contribution >= 0.6 is 0 Å². The molecule has 2 N–H and O–H groups in total. The lowest BCUT2D eigenvalue weighted by Gasteiger charge is -2.48. The molecule has 100 valence electrons. The lowest BCUT2D eigenvalue weighted by molar-refractivity contribution is 0.178. The number of benzene rings is 1. The molecule has 1 fully saturated rings. The molecule has 2 rings (SSSR count). The van der Waals surface area contributed by atoms with Gasteiger partial charge < -0.3 is 15.5 Å². The van der Waals surface area contributed by atoms with Crippen molar-refractivity contribution in [1.29, 1.82) is 0 Å². The summed E-state index contributed by atoms with van der Waals surface area (Å²) in [7, 11) is 4.37. The Morgan fingerprint density at radius 1 is 1.44 bits per heavy atom. The van der Waals surface area contributed by atoms with Crippen molar-refractivity contribution < 1.29 is 0 Å². The molecule has 1 atom stereocenters. The largest absolute Gasteiger partial charge is 0.366 e. The molecule has 1 saturated heterocycles. The second-order valence-electron chi connectivity index (χ2n) is 5.67. The van der Waals surface area contributed by atoms with Crippen molar-refractivity contribution in [3.05, 3.63) is 29.8 Å². The van der Waals surface area contributed by atoms with Gasteiger partial charge in [-0.3, -0.25) is 0 Å². The molecule has 1 unspecified atom stereocenters. The maximum atomic E-state index is 6.11. The van der Waals surface area contributed by atoms with Crippen LogP contribution in [0.1, 0.15) is 18.4 Å². The molecule has 0 spiro atoms. The number of nitrogens with two attached hydrogens (primary N) is 1. The first kappa shape index (κ1) is 13.4. The predicted molar refractivity (Wildman–Crippen MR) is 78.1 cm³/mol. The maximum Gasteiger partial charge on any atom is 0.0647 e. The van der Waals surface area contributed by atoms with Gasteiger partial charge in [0.05, 0.1) is 5.54 Å². The molecule has 1 aliphatic heterocycles. The smallest absolute Gasteiger partial charge is 0.0647 e. The highest BCUT2D eigenvalue weighted by Crippen LogP contribution is 2.30. The molecule has 18 heavy (non-hydrogen) atoms. The van der Waals surface area contributed by atoms with E-state index in [0.29, 0.717) is 6.54 Å². The number of piperidine rings is 1. The quantitative estimate of drug-likeness (QED) is 0.885. The van der Waals surface area contributed by atoms with E-state index < -0.39 is 0 Å². The zero-order valence-corrected chi connectivity index (χ0v) is 11.8. The standard InChI is InChI=1S/C15H25N3/c1-13-6-4-7-14(10-13)18(3)15(11-16)8-5-9-17(2)12-15/h4,6-7,10H,5,8-9,11-12,16H2,1-3H3. The first-order valence-corrected chi connectivity index (χ1v) is 6.76. The van der Waals surface area contributed by atoms with Crippen molar-refractivity contribution in [2.24, 2.45) is 5.73 Å². The van der Waals surface area contributed by atoms with Crippen molar-refractivity contribution in [3.63, 3.8) is 0 Å². The Morgan fingerprint density at radius 2 is 2.22 bits per heavy atom. The summed E-state index contributed by atoms with van der Waals surface area (Å²) in [6.07, 6.45) is 2.40. The van der Waals surface area contributed by atoms with Crippen LogP contribution in [0.2, 0.25) is 0 Å². The van der Waals surface area contributed by atoms with Gasteiger partial charge in [-0.2, -0.15) is 0 Å². The number of nitrogens with zero attached hydrogens (tertiary/aromatic N) is 2. The summed E-state index contributed by atoms with van der Waals surface area (Å²) in [6.45, 7) is 5.08. The molecule has 1 heterocycles. The van der Waals surface area contributed by atoms with Crippen LogP contribution in [0, 0.1) is 6.92 Å². The third-order valence-corrected chi connectivity index (χ3v) is 4.23. The minimum Gasteiger partial charge on any atom is -0.366 e. The normalized spacial score (nSPS) is 25.1. The molecule has 0 bridgehead atoms. The summed E-state index contributed by atoms with van der Waals surface area (Å²) in [6, 6.07) is 8.68. The van der Waals surface area contributed by atoms with Gasteiger partial charge in [0, 0.05) is 25.8 Å². The fourth-order valence-corrected chi connectivity index (χ4v) is 3.03. The van der Waals surface area contributed by atoms with Gasteiger partial charge in [0.2, 0.25) is 0 Å². The molecular formula is C15H25N3. The van der Waals surface area contributed by atoms with Gasteiger partial charge in [-0.15, -0.1) is 0 Å². The Bertz CT molecular complexity index is 404. The number of hydrogen-bond donors (Lipinski definition) is 1. The van der Waals surface area contributed by atoms with Crippen LogP contribution in [0.3, 0.4) is 0 Å². The molecule has 1 aromatic rings. The van der Waals surface area contributed by atoms with Gasteiger partial charge in [0.1, 0.15) is 0 Å². The molecule has 3 nitrogen and oxygen atoms in total. The second-order valence-corrected chi connectivity index (χ2v) is 5.67. The van der Waals surface area contributed by atoms with Crippen LogP contribution in [-0.4, -0.2) is 44.2 Å². The van der Waals surface area contributed by atoms with E-state index >= 15 is 0 Å². The zero-order valence-electron chi connectivity index (χ0n) is 11.8. The number of hydrogen-bond acceptors (Lipinski definition) is 3. The lowest BCUT2D eigenvalue weighted by atomic mass is 9.87. The van der Waals surface area contributed by atoms with E-state index in [-0.39, 0.29) is 5.54 Å². The summed E-state index contributed by atoms with van der Waals surface area (Å²) < 4.78 is 0. The van der Waals surface area contributed by atoms with E-state index in [4.69, 9.17) is 5.73 Å². The van der Waals surface area contributed by atoms with Gasteiger partial charge in [-0.1, -0.05) is 12.1 Å². The molecule has 1 aromatic carbocycles. The van der Waals surface area contributed by atoms with E-state index in [0.717, 1.165) is 6.54 Å². The lowest BCUT2D eigenvalue weighted by Crippen LogP contribution is -2.61. The first-order valence-electron chi connectivity index (χ1n) is 6.76. The monoisotopic (exact) mass is 247 g/mol. The summed E-state index contributed by atoms with van der Waals surface area (Å²) in [5, 5.41) is 0. The SMILES string of the molecule is Cc1cccc(N(C)C2(CN)CCCN(C)C2)c1. The zero-order chi connectivity index (χ0) is 13.2. The first-order chi connectivity index (χ1) is 8.57. The number of anilines is 1. The Labute approximate surface area is 111 Å². The van der Waals surface area contributed by atoms with Gasteiger partial charge in [0.25, 0.3) is 0 Å². The highest BCUT2D eigenvalue weighted by atomic mass is 15.3. The van der Waals surface area contributed by atoms with Crippen molar-refractivity contribution in [1.82, 2.24) is 4.90 Å². The van der Waals surface area contributed by atoms with Gasteiger partial charge in [-0.25, -0.2) is 0 Å². The van der Waals surface area contributed by atoms with Gasteiger partial charge in [0.15, 0.2) is 0 Å². The van der Waals surface area contributed by atoms with Crippen LogP contribution in [0.4, 0.5) is 5.69 Å². The topological polar surface area (TPSA) is 32.5 Å². The van der Waals surface area contributed by atoms with Crippen LogP contribution < -0.4 is 10.6 Å². The molecule has 0 radical (unpaired) electrons. The molecule has 0 aliphatic carbocycles. The van der Waals surface area contributed by atoms with E-state index in [1.807, 2.05) is 0 Å². The summed E-state index contributed by atoms with van der Waals surface area (Å²) in [4.78, 5) is 4.78. The van der Waals surface area contributed by atoms with Crippen LogP contribution in [0.15, 0.2) is 24.3 Å². The van der Waals surface area contributed by atoms with Crippen molar-refractivity contribution in [2.45, 2.75) is 25.3 Å². The van der Waals surface area contributed by atoms with Crippen LogP contribution in [0.25, 0.3) is 0 Å². The van der Waals surface area contributed by atoms with E-state index in [1.165, 1.54) is 30.6 Å². The molecular weight excluding hydrogens is 222 g/mol. The fraction of sp³-hybridized carbons (Fsp3) is 0.600. The van der Waals surface area contributed by atoms with Crippen molar-refractivity contribution >= 4 is 5.69 Å². The Morgan fingerprint density at radius 3 is 2.83 bits per heavy atom. The molecule has 0 amide bonds. The average Bonchev–Trinajstić information content (AvgIpc) is 2.37. The summed E-state index contributed by atoms with van der Waals surface area (Å²) in [5.74, 6) is 0. The third kappa shape index (κ3) is 2.52. The minimum absolute atomic E-state index is 0.0841. The van der Waals surface area contributed by atoms with Gasteiger partial charge in [-0.05, 0) is 51.1 Å². The Hall–Kier alpha value is -1.06. The number of likely N-dealkylation sites (tertiary alicyclic amines) is 1. The maximum absolute atomic E-state index is 6.11. The third-order valence-electron chi connectivity index (χ3n) is 4.23. The average molecular weight is 247 g/mol. The van der Waals surface area contributed by atoms with Crippen LogP contribution in [-0.2, 0) is 0 Å². The van der Waals surface area contributed by atoms with Crippen molar-refractivity contribution in [3.8, 4) is 0 Å². The van der Waals surface area contributed by atoms with E-state index in [2.05, 4.69) is 55.1 Å². The fourth-order valence-electron chi connectivity index (χ4n) is 3.03. The summed E-state index contributed by atoms with van der Waals surface area (Å²) >= 11 is 0. The molecule has 0 aromatic heterocycles. The predicted octanol–water partition coefficient (Wildman–Crippen LogP) is 1.85. The summed E-state index contributed by atoms with van der Waals surface area (Å²) in [5.41, 5.74) is 8.77. The Balaban J connectivity index is 2.26. The number of aryl methyl sites for hydroxylation is 1. The van der Waals surface area contributed by atoms with Gasteiger partial charge >= 0.3 is 0 Å². The molecule has 1 aliphatic rings. The van der Waals surface area contributed by atoms with E-state index in [1.54, 1.807) is 0 Å². The van der Waals surface area contributed by atoms with Crippen LogP contribution in [0.5, 0.6) is 0 Å². The number of likely N-dealkylation sites (N-methyl/N-ethyl adjacent to an activating group) is 2. The van der Waals surface area contributed by atoms with Crippen molar-refractivity contribution in [2.75, 3.05) is 38.6 Å².